The van der Waals surface area contributed by atoms with Crippen LogP contribution >= 0.6 is 0 Å². The third kappa shape index (κ3) is 4.34. The van der Waals surface area contributed by atoms with E-state index in [2.05, 4.69) is 4.98 Å². The highest BCUT2D eigenvalue weighted by Gasteiger charge is 2.26. The summed E-state index contributed by atoms with van der Waals surface area (Å²) in [7, 11) is 1.48. The number of nitrogens with zero attached hydrogens (tertiary/aromatic N) is 3. The minimum atomic E-state index is -0.641. The Balaban J connectivity index is 1.85. The van der Waals surface area contributed by atoms with E-state index < -0.39 is 16.4 Å². The minimum Gasteiger partial charge on any atom is -0.493 e. The summed E-state index contributed by atoms with van der Waals surface area (Å²) < 4.78 is 11.3. The molecule has 0 unspecified atom stereocenters. The largest absolute Gasteiger partial charge is 0.493 e. The van der Waals surface area contributed by atoms with Crippen LogP contribution < -0.4 is 9.47 Å². The molecule has 0 radical (unpaired) electrons. The maximum Gasteiger partial charge on any atom is 0.299 e. The number of carbonyl (C=O) groups is 1. The molecular formula is C25H17N3O5. The van der Waals surface area contributed by atoms with Crippen LogP contribution in [-0.2, 0) is 6.61 Å². The van der Waals surface area contributed by atoms with Gasteiger partial charge < -0.3 is 9.47 Å². The lowest BCUT2D eigenvalue weighted by atomic mass is 9.97. The highest BCUT2D eigenvalue weighted by Crippen LogP contribution is 2.37. The molecule has 0 fully saturated rings. The van der Waals surface area contributed by atoms with Crippen LogP contribution in [0.25, 0.3) is 10.9 Å². The summed E-state index contributed by atoms with van der Waals surface area (Å²) in [6.45, 7) is 0.240. The summed E-state index contributed by atoms with van der Waals surface area (Å²) in [5.74, 6) is 0.152. The molecule has 0 aliphatic carbocycles. The Morgan fingerprint density at radius 1 is 1.09 bits per heavy atom. The zero-order valence-electron chi connectivity index (χ0n) is 17.5. The quantitative estimate of drug-likeness (QED) is 0.230. The van der Waals surface area contributed by atoms with Crippen LogP contribution in [-0.4, -0.2) is 22.8 Å². The zero-order chi connectivity index (χ0) is 23.4. The first-order valence-corrected chi connectivity index (χ1v) is 9.88. The Kier molecular flexibility index (Phi) is 5.96. The fraction of sp³-hybridized carbons (Fsp3) is 0.0800. The molecular weight excluding hydrogens is 422 g/mol. The van der Waals surface area contributed by atoms with Gasteiger partial charge in [0.05, 0.1) is 29.2 Å². The molecule has 0 saturated heterocycles. The number of aromatic nitrogens is 1. The number of ether oxygens (including phenoxy) is 2. The van der Waals surface area contributed by atoms with E-state index in [0.717, 1.165) is 11.8 Å². The summed E-state index contributed by atoms with van der Waals surface area (Å²) >= 11 is 0. The van der Waals surface area contributed by atoms with Gasteiger partial charge in [0.25, 0.3) is 5.69 Å². The molecule has 0 aliphatic rings. The number of fused-ring (bicyclic) bond motifs is 1. The lowest BCUT2D eigenvalue weighted by Gasteiger charge is -2.14. The molecule has 0 bridgehead atoms. The summed E-state index contributed by atoms with van der Waals surface area (Å²) in [6.07, 6.45) is 1.06. The van der Waals surface area contributed by atoms with E-state index in [4.69, 9.17) is 14.7 Å². The summed E-state index contributed by atoms with van der Waals surface area (Å²) in [5.41, 5.74) is 1.33. The van der Waals surface area contributed by atoms with Gasteiger partial charge in [0.15, 0.2) is 11.5 Å². The molecule has 0 N–H and O–H groups in total. The number of rotatable bonds is 7. The van der Waals surface area contributed by atoms with Gasteiger partial charge in [-0.3, -0.25) is 14.9 Å². The second-order valence-electron chi connectivity index (χ2n) is 7.09. The standard InChI is InChI=1S/C25H17N3O5/c1-32-22-12-20-19(11-23(22)33-15-17-5-3-2-4-6-17)24(21(14-27-20)28(30)31)25(29)18-9-7-16(13-26)8-10-18/h2-12,14H,15H2,1H3. The lowest BCUT2D eigenvalue weighted by Crippen LogP contribution is -2.08. The van der Waals surface area contributed by atoms with E-state index in [-0.39, 0.29) is 23.1 Å². The van der Waals surface area contributed by atoms with Crippen molar-refractivity contribution in [3.63, 3.8) is 0 Å². The van der Waals surface area contributed by atoms with Crippen LogP contribution in [0.3, 0.4) is 0 Å². The highest BCUT2D eigenvalue weighted by atomic mass is 16.6. The molecule has 0 atom stereocenters. The molecule has 0 amide bonds. The molecule has 3 aromatic carbocycles. The van der Waals surface area contributed by atoms with Crippen LogP contribution in [0.1, 0.15) is 27.0 Å². The van der Waals surface area contributed by atoms with E-state index >= 15 is 0 Å². The molecule has 4 rings (SSSR count). The van der Waals surface area contributed by atoms with Crippen molar-refractivity contribution in [1.29, 1.82) is 5.26 Å². The minimum absolute atomic E-state index is 0.109. The summed E-state index contributed by atoms with van der Waals surface area (Å²) in [6, 6.07) is 20.5. The molecule has 8 nitrogen and oxygen atoms in total. The molecule has 0 saturated carbocycles. The number of hydrogen-bond donors (Lipinski definition) is 0. The monoisotopic (exact) mass is 439 g/mol. The van der Waals surface area contributed by atoms with Gasteiger partial charge in [0, 0.05) is 17.0 Å². The number of nitriles is 1. The Bertz CT molecular complexity index is 1390. The van der Waals surface area contributed by atoms with Gasteiger partial charge in [-0.25, -0.2) is 4.98 Å². The molecule has 1 heterocycles. The van der Waals surface area contributed by atoms with Crippen LogP contribution in [0.5, 0.6) is 11.5 Å². The molecule has 33 heavy (non-hydrogen) atoms. The van der Waals surface area contributed by atoms with E-state index in [1.54, 1.807) is 6.07 Å². The van der Waals surface area contributed by atoms with Crippen molar-refractivity contribution in [1.82, 2.24) is 4.98 Å². The number of nitro groups is 1. The fourth-order valence-electron chi connectivity index (χ4n) is 3.41. The predicted molar refractivity (Wildman–Crippen MR) is 120 cm³/mol. The van der Waals surface area contributed by atoms with Gasteiger partial charge in [0.1, 0.15) is 18.4 Å². The normalized spacial score (nSPS) is 10.4. The van der Waals surface area contributed by atoms with Gasteiger partial charge in [-0.1, -0.05) is 30.3 Å². The van der Waals surface area contributed by atoms with Crippen LogP contribution in [0, 0.1) is 21.4 Å². The second-order valence-corrected chi connectivity index (χ2v) is 7.09. The van der Waals surface area contributed by atoms with Gasteiger partial charge in [-0.05, 0) is 35.9 Å². The number of ketones is 1. The van der Waals surface area contributed by atoms with Crippen molar-refractivity contribution >= 4 is 22.4 Å². The summed E-state index contributed by atoms with van der Waals surface area (Å²) in [5, 5.41) is 21.0. The Morgan fingerprint density at radius 2 is 1.82 bits per heavy atom. The maximum absolute atomic E-state index is 13.3. The van der Waals surface area contributed by atoms with Crippen molar-refractivity contribution in [2.24, 2.45) is 0 Å². The van der Waals surface area contributed by atoms with Gasteiger partial charge in [-0.2, -0.15) is 5.26 Å². The van der Waals surface area contributed by atoms with Crippen molar-refractivity contribution in [3.05, 3.63) is 105 Å². The zero-order valence-corrected chi connectivity index (χ0v) is 17.5. The average Bonchev–Trinajstić information content (AvgIpc) is 2.86. The van der Waals surface area contributed by atoms with Crippen molar-refractivity contribution in [3.8, 4) is 17.6 Å². The molecule has 1 aromatic heterocycles. The van der Waals surface area contributed by atoms with Crippen LogP contribution in [0.4, 0.5) is 5.69 Å². The molecule has 0 aliphatic heterocycles. The topological polar surface area (TPSA) is 115 Å². The number of carbonyl (C=O) groups excluding carboxylic acids is 1. The first kappa shape index (κ1) is 21.5. The van der Waals surface area contributed by atoms with Gasteiger partial charge in [0.2, 0.25) is 5.78 Å². The van der Waals surface area contributed by atoms with Gasteiger partial charge >= 0.3 is 0 Å². The number of benzene rings is 3. The molecule has 8 heteroatoms. The third-order valence-corrected chi connectivity index (χ3v) is 5.07. The maximum atomic E-state index is 13.3. The molecule has 162 valence electrons. The number of methoxy groups -OCH3 is 1. The molecule has 4 aromatic rings. The van der Waals surface area contributed by atoms with Crippen LogP contribution in [0.15, 0.2) is 72.9 Å². The number of pyridine rings is 1. The number of hydrogen-bond acceptors (Lipinski definition) is 7. The van der Waals surface area contributed by atoms with Crippen LogP contribution in [0.2, 0.25) is 0 Å². The average molecular weight is 439 g/mol. The Labute approximate surface area is 188 Å². The predicted octanol–water partition coefficient (Wildman–Crippen LogP) is 4.83. The smallest absolute Gasteiger partial charge is 0.299 e. The first-order valence-electron chi connectivity index (χ1n) is 9.88. The Morgan fingerprint density at radius 3 is 2.45 bits per heavy atom. The van der Waals surface area contributed by atoms with E-state index in [1.165, 1.54) is 37.4 Å². The Hall–Kier alpha value is -4.77. The first-order chi connectivity index (χ1) is 16.0. The summed E-state index contributed by atoms with van der Waals surface area (Å²) in [4.78, 5) is 28.6. The van der Waals surface area contributed by atoms with E-state index in [0.29, 0.717) is 22.6 Å². The SMILES string of the molecule is COc1cc2ncc([N+](=O)[O-])c(C(=O)c3ccc(C#N)cc3)c2cc1OCc1ccccc1. The fourth-order valence-corrected chi connectivity index (χ4v) is 3.41. The lowest BCUT2D eigenvalue weighted by molar-refractivity contribution is -0.385. The molecule has 0 spiro atoms. The van der Waals surface area contributed by atoms with Crippen molar-refractivity contribution < 1.29 is 19.2 Å². The van der Waals surface area contributed by atoms with Gasteiger partial charge in [-0.15, -0.1) is 0 Å². The second kappa shape index (κ2) is 9.16. The third-order valence-electron chi connectivity index (χ3n) is 5.07. The van der Waals surface area contributed by atoms with E-state index in [1.807, 2.05) is 36.4 Å². The van der Waals surface area contributed by atoms with Crippen molar-refractivity contribution in [2.45, 2.75) is 6.61 Å². The van der Waals surface area contributed by atoms with E-state index in [9.17, 15) is 14.9 Å². The van der Waals surface area contributed by atoms with Crippen molar-refractivity contribution in [2.75, 3.05) is 7.11 Å². The highest BCUT2D eigenvalue weighted by molar-refractivity contribution is 6.18.